The van der Waals surface area contributed by atoms with Gasteiger partial charge in [0, 0.05) is 0 Å². The summed E-state index contributed by atoms with van der Waals surface area (Å²) in [6.07, 6.45) is 25.5. The molecule has 0 aromatic carbocycles. The number of nitrogens with two attached hydrogens (primary N) is 1. The van der Waals surface area contributed by atoms with Crippen molar-refractivity contribution in [2.24, 2.45) is 5.73 Å². The summed E-state index contributed by atoms with van der Waals surface area (Å²) in [7, 11) is 0. The van der Waals surface area contributed by atoms with Crippen LogP contribution in [0.5, 0.6) is 0 Å². The van der Waals surface area contributed by atoms with Crippen molar-refractivity contribution in [3.05, 3.63) is 0 Å². The van der Waals surface area contributed by atoms with E-state index < -0.39 is 6.10 Å². The molecule has 3 N–H and O–H groups in total. The standard InChI is InChI=1S/C20H43N.C3H6O2/c1-2-3-4-5-6-7-8-9-10-11-12-13-14-15-16-17-18-19-20-21;1-3(5)2-4/h2-21H2,1H3;2-3,5H,1H3. The molecule has 26 heavy (non-hydrogen) atoms. The molecule has 0 fully saturated rings. The van der Waals surface area contributed by atoms with Gasteiger partial charge in [0.2, 0.25) is 0 Å². The highest BCUT2D eigenvalue weighted by atomic mass is 16.3. The zero-order valence-corrected chi connectivity index (χ0v) is 18.0. The van der Waals surface area contributed by atoms with E-state index in [2.05, 4.69) is 6.92 Å². The topological polar surface area (TPSA) is 63.3 Å². The van der Waals surface area contributed by atoms with Gasteiger partial charge in [-0.05, 0) is 19.9 Å². The van der Waals surface area contributed by atoms with Gasteiger partial charge in [0.15, 0.2) is 0 Å². The zero-order valence-electron chi connectivity index (χ0n) is 18.0. The molecule has 0 bridgehead atoms. The minimum atomic E-state index is -0.796. The van der Waals surface area contributed by atoms with Gasteiger partial charge in [-0.3, -0.25) is 0 Å². The Morgan fingerprint density at radius 3 is 1.08 bits per heavy atom. The number of hydrogen-bond donors (Lipinski definition) is 2. The first-order chi connectivity index (χ1) is 12.7. The Morgan fingerprint density at radius 2 is 0.885 bits per heavy atom. The van der Waals surface area contributed by atoms with E-state index >= 15 is 0 Å². The number of aldehydes is 1. The summed E-state index contributed by atoms with van der Waals surface area (Å²) < 4.78 is 0. The highest BCUT2D eigenvalue weighted by Crippen LogP contribution is 2.14. The molecule has 0 spiro atoms. The molecule has 0 aliphatic heterocycles. The molecular weight excluding hydrogens is 322 g/mol. The first-order valence-corrected chi connectivity index (χ1v) is 11.5. The van der Waals surface area contributed by atoms with Gasteiger partial charge in [0.05, 0.1) is 0 Å². The van der Waals surface area contributed by atoms with Gasteiger partial charge in [-0.2, -0.15) is 0 Å². The fourth-order valence-electron chi connectivity index (χ4n) is 3.05. The number of hydrogen-bond acceptors (Lipinski definition) is 3. The number of aliphatic hydroxyl groups is 1. The van der Waals surface area contributed by atoms with E-state index in [1.54, 1.807) is 0 Å². The highest BCUT2D eigenvalue weighted by Gasteiger charge is 1.94. The fraction of sp³-hybridized carbons (Fsp3) is 0.957. The average Bonchev–Trinajstić information content (AvgIpc) is 2.64. The Morgan fingerprint density at radius 1 is 0.654 bits per heavy atom. The highest BCUT2D eigenvalue weighted by molar-refractivity contribution is 5.54. The predicted molar refractivity (Wildman–Crippen MR) is 116 cm³/mol. The summed E-state index contributed by atoms with van der Waals surface area (Å²) in [6, 6.07) is 0. The van der Waals surface area contributed by atoms with Gasteiger partial charge in [-0.1, -0.05) is 116 Å². The van der Waals surface area contributed by atoms with E-state index in [4.69, 9.17) is 10.8 Å². The van der Waals surface area contributed by atoms with Gasteiger partial charge >= 0.3 is 0 Å². The second kappa shape index (κ2) is 26.8. The molecule has 0 rings (SSSR count). The van der Waals surface area contributed by atoms with Gasteiger partial charge in [-0.15, -0.1) is 0 Å². The smallest absolute Gasteiger partial charge is 0.148 e. The van der Waals surface area contributed by atoms with Crippen molar-refractivity contribution in [3.8, 4) is 0 Å². The van der Waals surface area contributed by atoms with E-state index in [1.165, 1.54) is 122 Å². The third-order valence-corrected chi connectivity index (χ3v) is 4.75. The van der Waals surface area contributed by atoms with Crippen molar-refractivity contribution in [3.63, 3.8) is 0 Å². The number of carbonyl (C=O) groups excluding carboxylic acids is 1. The molecule has 1 atom stereocenters. The van der Waals surface area contributed by atoms with Crippen LogP contribution >= 0.6 is 0 Å². The lowest BCUT2D eigenvalue weighted by atomic mass is 10.0. The minimum absolute atomic E-state index is 0.472. The summed E-state index contributed by atoms with van der Waals surface area (Å²) in [4.78, 5) is 9.25. The maximum absolute atomic E-state index is 9.25. The third kappa shape index (κ3) is 31.4. The lowest BCUT2D eigenvalue weighted by molar-refractivity contribution is -0.114. The van der Waals surface area contributed by atoms with Crippen LogP contribution in [0.4, 0.5) is 0 Å². The van der Waals surface area contributed by atoms with Gasteiger partial charge in [0.25, 0.3) is 0 Å². The average molecular weight is 372 g/mol. The van der Waals surface area contributed by atoms with Crippen molar-refractivity contribution in [2.75, 3.05) is 6.54 Å². The largest absolute Gasteiger partial charge is 0.386 e. The monoisotopic (exact) mass is 371 g/mol. The van der Waals surface area contributed by atoms with Crippen LogP contribution in [0.2, 0.25) is 0 Å². The first-order valence-electron chi connectivity index (χ1n) is 11.5. The van der Waals surface area contributed by atoms with Crippen LogP contribution in [-0.4, -0.2) is 24.0 Å². The maximum atomic E-state index is 9.25. The third-order valence-electron chi connectivity index (χ3n) is 4.75. The van der Waals surface area contributed by atoms with Crippen molar-refractivity contribution in [1.82, 2.24) is 0 Å². The van der Waals surface area contributed by atoms with E-state index in [-0.39, 0.29) is 0 Å². The molecule has 158 valence electrons. The van der Waals surface area contributed by atoms with E-state index in [0.717, 1.165) is 6.54 Å². The molecule has 0 saturated carbocycles. The lowest BCUT2D eigenvalue weighted by Gasteiger charge is -2.03. The summed E-state index contributed by atoms with van der Waals surface area (Å²) in [5.74, 6) is 0. The summed E-state index contributed by atoms with van der Waals surface area (Å²) in [5.41, 5.74) is 5.49. The van der Waals surface area contributed by atoms with Crippen LogP contribution in [0.3, 0.4) is 0 Å². The normalized spacial score (nSPS) is 11.7. The van der Waals surface area contributed by atoms with Gasteiger partial charge in [0.1, 0.15) is 12.4 Å². The molecule has 1 unspecified atom stereocenters. The molecule has 0 aliphatic rings. The Bertz CT molecular complexity index is 226. The number of rotatable bonds is 19. The van der Waals surface area contributed by atoms with Crippen LogP contribution in [0.25, 0.3) is 0 Å². The molecular formula is C23H49NO2. The first kappa shape index (κ1) is 27.8. The number of aliphatic hydroxyl groups excluding tert-OH is 1. The Hall–Kier alpha value is -0.410. The Kier molecular flexibility index (Phi) is 28.7. The van der Waals surface area contributed by atoms with Crippen LogP contribution < -0.4 is 5.73 Å². The predicted octanol–water partition coefficient (Wildman–Crippen LogP) is 6.55. The number of carbonyl (C=O) groups is 1. The SMILES string of the molecule is CC(O)C=O.CCCCCCCCCCCCCCCCCCCCN. The fourth-order valence-corrected chi connectivity index (χ4v) is 3.05. The van der Waals surface area contributed by atoms with Crippen molar-refractivity contribution >= 4 is 6.29 Å². The second-order valence-electron chi connectivity index (χ2n) is 7.68. The minimum Gasteiger partial charge on any atom is -0.386 e. The summed E-state index contributed by atoms with van der Waals surface area (Å²) in [6.45, 7) is 4.58. The summed E-state index contributed by atoms with van der Waals surface area (Å²) >= 11 is 0. The Labute approximate surface area is 164 Å². The lowest BCUT2D eigenvalue weighted by Crippen LogP contribution is -1.97. The van der Waals surface area contributed by atoms with E-state index in [9.17, 15) is 4.79 Å². The van der Waals surface area contributed by atoms with Gasteiger partial charge in [-0.25, -0.2) is 0 Å². The maximum Gasteiger partial charge on any atom is 0.148 e. The zero-order chi connectivity index (χ0) is 19.7. The molecule has 0 aromatic rings. The van der Waals surface area contributed by atoms with Crippen LogP contribution in [-0.2, 0) is 4.79 Å². The van der Waals surface area contributed by atoms with Crippen molar-refractivity contribution < 1.29 is 9.90 Å². The molecule has 0 aliphatic carbocycles. The molecule has 3 heteroatoms. The molecule has 0 saturated heterocycles. The Balaban J connectivity index is 0. The van der Waals surface area contributed by atoms with E-state index in [1.807, 2.05) is 0 Å². The quantitative estimate of drug-likeness (QED) is 0.200. The molecule has 3 nitrogen and oxygen atoms in total. The van der Waals surface area contributed by atoms with Crippen LogP contribution in [0.15, 0.2) is 0 Å². The molecule has 0 heterocycles. The summed E-state index contributed by atoms with van der Waals surface area (Å²) in [5, 5.41) is 7.99. The van der Waals surface area contributed by atoms with Crippen molar-refractivity contribution in [2.45, 2.75) is 136 Å². The molecule has 0 amide bonds. The molecule has 0 radical (unpaired) electrons. The van der Waals surface area contributed by atoms with Crippen molar-refractivity contribution in [1.29, 1.82) is 0 Å². The molecule has 0 aromatic heterocycles. The van der Waals surface area contributed by atoms with Crippen LogP contribution in [0, 0.1) is 0 Å². The second-order valence-corrected chi connectivity index (χ2v) is 7.68. The van der Waals surface area contributed by atoms with E-state index in [0.29, 0.717) is 6.29 Å². The number of unbranched alkanes of at least 4 members (excludes halogenated alkanes) is 17. The van der Waals surface area contributed by atoms with Gasteiger partial charge < -0.3 is 15.6 Å². The van der Waals surface area contributed by atoms with Crippen LogP contribution in [0.1, 0.15) is 129 Å².